The third-order valence-electron chi connectivity index (χ3n) is 12.2. The molecule has 0 amide bonds. The van der Waals surface area contributed by atoms with E-state index in [-0.39, 0.29) is 41.3 Å². The molecule has 2 fully saturated rings. The average molecular weight is 751 g/mol. The number of aliphatic carboxylic acids is 1. The van der Waals surface area contributed by atoms with Crippen LogP contribution in [0.1, 0.15) is 141 Å². The number of carboxylic acid groups (broad SMARTS) is 1. The van der Waals surface area contributed by atoms with E-state index in [1.807, 2.05) is 42.5 Å². The van der Waals surface area contributed by atoms with Crippen LogP contribution in [0.2, 0.25) is 18.1 Å². The van der Waals surface area contributed by atoms with E-state index in [1.165, 1.54) is 25.7 Å². The second-order valence-electron chi connectivity index (χ2n) is 17.4. The number of carboxylic acids is 1. The van der Waals surface area contributed by atoms with Crippen molar-refractivity contribution in [3.63, 3.8) is 0 Å². The molecule has 4 rings (SSSR count). The third-order valence-corrected chi connectivity index (χ3v) is 16.7. The lowest BCUT2D eigenvalue weighted by Crippen LogP contribution is -2.46. The number of rotatable bonds is 21. The zero-order chi connectivity index (χ0) is 38.4. The number of hydrogen-bond donors (Lipinski definition) is 1. The van der Waals surface area contributed by atoms with Crippen molar-refractivity contribution >= 4 is 20.3 Å². The minimum absolute atomic E-state index is 0.0262. The van der Waals surface area contributed by atoms with Gasteiger partial charge in [0.05, 0.1) is 11.7 Å². The van der Waals surface area contributed by atoms with Crippen LogP contribution in [0.5, 0.6) is 0 Å². The molecule has 0 aromatic heterocycles. The molecule has 0 bridgehead atoms. The first-order valence-electron chi connectivity index (χ1n) is 20.8. The van der Waals surface area contributed by atoms with Gasteiger partial charge >= 0.3 is 11.9 Å². The molecule has 0 spiro atoms. The standard InChI is InChI=1S/C45H70O7Si/c1-8-9-19-33(2)20-18-24-38-37(23-14-11-15-25-39(43(46)47)52-53(6,7)45(3,4)5)41(32-40(38)50-42-26-16-17-31-49-42)51-44(48)36-29-27-35(28-30-36)34-21-12-10-13-22-34/h10,12-13,21-22,27-30,33,37-42H,8-9,11,14-20,23-26,31-32H2,1-7H3,(H,46,47)/t33?,37-,38-,39?,40?,41+,42?/m1/s1. The molecule has 8 heteroatoms. The van der Waals surface area contributed by atoms with Gasteiger partial charge in [0.15, 0.2) is 14.6 Å². The fourth-order valence-corrected chi connectivity index (χ4v) is 9.20. The van der Waals surface area contributed by atoms with Gasteiger partial charge in [-0.05, 0) is 91.8 Å². The molecule has 7 atom stereocenters. The lowest BCUT2D eigenvalue weighted by Gasteiger charge is -2.38. The largest absolute Gasteiger partial charge is 0.479 e. The maximum atomic E-state index is 13.7. The molecule has 1 saturated heterocycles. The highest BCUT2D eigenvalue weighted by Crippen LogP contribution is 2.44. The fourth-order valence-electron chi connectivity index (χ4n) is 7.92. The number of ether oxygens (including phenoxy) is 3. The number of carbonyl (C=O) groups is 2. The molecule has 1 aliphatic heterocycles. The zero-order valence-electron chi connectivity index (χ0n) is 33.9. The summed E-state index contributed by atoms with van der Waals surface area (Å²) in [6.45, 7) is 16.0. The second-order valence-corrected chi connectivity index (χ2v) is 22.2. The summed E-state index contributed by atoms with van der Waals surface area (Å²) in [4.78, 5) is 26.0. The minimum atomic E-state index is -2.21. The number of benzene rings is 2. The fraction of sp³-hybridized carbons (Fsp3) is 0.689. The van der Waals surface area contributed by atoms with Crippen molar-refractivity contribution in [1.82, 2.24) is 0 Å². The Balaban J connectivity index is 1.47. The molecule has 1 aliphatic carbocycles. The molecule has 53 heavy (non-hydrogen) atoms. The second kappa shape index (κ2) is 21.0. The van der Waals surface area contributed by atoms with Crippen molar-refractivity contribution in [2.24, 2.45) is 17.8 Å². The summed E-state index contributed by atoms with van der Waals surface area (Å²) in [6, 6.07) is 17.9. The molecule has 2 aromatic rings. The lowest BCUT2D eigenvalue weighted by molar-refractivity contribution is -0.196. The maximum absolute atomic E-state index is 13.7. The Bertz CT molecular complexity index is 1370. The molecule has 4 unspecified atom stereocenters. The van der Waals surface area contributed by atoms with E-state index in [1.54, 1.807) is 0 Å². The SMILES string of the molecule is CCCCC(C)CCC[C@H]1C(OC2CCCCO2)C[C@H](OC(=O)c2ccc(-c3ccccc3)cc2)[C@@H]1CCCCCC(O[Si](C)(C)C(C)(C)C)C(=O)O. The minimum Gasteiger partial charge on any atom is -0.479 e. The maximum Gasteiger partial charge on any atom is 0.338 e. The van der Waals surface area contributed by atoms with Crippen LogP contribution in [0.3, 0.4) is 0 Å². The van der Waals surface area contributed by atoms with Crippen LogP contribution in [0.15, 0.2) is 54.6 Å². The molecular weight excluding hydrogens is 681 g/mol. The van der Waals surface area contributed by atoms with Crippen molar-refractivity contribution in [2.45, 2.75) is 174 Å². The number of carbonyl (C=O) groups excluding carboxylic acids is 1. The van der Waals surface area contributed by atoms with E-state index in [2.05, 4.69) is 59.8 Å². The molecule has 296 valence electrons. The molecule has 7 nitrogen and oxygen atoms in total. The highest BCUT2D eigenvalue weighted by atomic mass is 28.4. The van der Waals surface area contributed by atoms with Crippen LogP contribution >= 0.6 is 0 Å². The van der Waals surface area contributed by atoms with Gasteiger partial charge in [-0.3, -0.25) is 0 Å². The van der Waals surface area contributed by atoms with E-state index in [9.17, 15) is 14.7 Å². The highest BCUT2D eigenvalue weighted by molar-refractivity contribution is 6.74. The van der Waals surface area contributed by atoms with Gasteiger partial charge < -0.3 is 23.7 Å². The van der Waals surface area contributed by atoms with Crippen molar-refractivity contribution in [3.05, 3.63) is 60.2 Å². The molecular formula is C45H70O7Si. The third kappa shape index (κ3) is 13.3. The van der Waals surface area contributed by atoms with Gasteiger partial charge in [0.25, 0.3) is 0 Å². The first kappa shape index (κ1) is 43.2. The smallest absolute Gasteiger partial charge is 0.338 e. The van der Waals surface area contributed by atoms with Gasteiger partial charge in [-0.1, -0.05) is 128 Å². The Labute approximate surface area is 322 Å². The Morgan fingerprint density at radius 2 is 1.51 bits per heavy atom. The first-order chi connectivity index (χ1) is 25.3. The van der Waals surface area contributed by atoms with E-state index in [0.29, 0.717) is 24.3 Å². The van der Waals surface area contributed by atoms with E-state index >= 15 is 0 Å². The van der Waals surface area contributed by atoms with Crippen LogP contribution in [-0.2, 0) is 23.4 Å². The van der Waals surface area contributed by atoms with Crippen LogP contribution in [-0.4, -0.2) is 56.6 Å². The highest BCUT2D eigenvalue weighted by Gasteiger charge is 2.46. The molecule has 1 saturated carbocycles. The predicted molar refractivity (Wildman–Crippen MR) is 216 cm³/mol. The van der Waals surface area contributed by atoms with Crippen LogP contribution < -0.4 is 0 Å². The van der Waals surface area contributed by atoms with E-state index < -0.39 is 20.4 Å². The Kier molecular flexibility index (Phi) is 17.1. The quantitative estimate of drug-likeness (QED) is 0.0771. The van der Waals surface area contributed by atoms with E-state index in [0.717, 1.165) is 75.5 Å². The van der Waals surface area contributed by atoms with Crippen LogP contribution in [0, 0.1) is 17.8 Å². The number of esters is 1. The van der Waals surface area contributed by atoms with Crippen molar-refractivity contribution in [3.8, 4) is 11.1 Å². The summed E-state index contributed by atoms with van der Waals surface area (Å²) in [5, 5.41) is 9.96. The van der Waals surface area contributed by atoms with Crippen LogP contribution in [0.25, 0.3) is 11.1 Å². The van der Waals surface area contributed by atoms with Gasteiger partial charge in [0.1, 0.15) is 12.2 Å². The van der Waals surface area contributed by atoms with E-state index in [4.69, 9.17) is 18.6 Å². The summed E-state index contributed by atoms with van der Waals surface area (Å²) in [7, 11) is -2.21. The molecule has 2 aromatic carbocycles. The lowest BCUT2D eigenvalue weighted by atomic mass is 9.84. The van der Waals surface area contributed by atoms with Crippen molar-refractivity contribution in [1.29, 1.82) is 0 Å². The molecule has 2 aliphatic rings. The Morgan fingerprint density at radius 3 is 2.15 bits per heavy atom. The predicted octanol–water partition coefficient (Wildman–Crippen LogP) is 11.8. The van der Waals surface area contributed by atoms with Gasteiger partial charge in [-0.15, -0.1) is 0 Å². The van der Waals surface area contributed by atoms with Gasteiger partial charge in [-0.25, -0.2) is 9.59 Å². The normalized spacial score (nSPS) is 23.4. The number of unbranched alkanes of at least 4 members (excludes halogenated alkanes) is 3. The molecule has 1 heterocycles. The summed E-state index contributed by atoms with van der Waals surface area (Å²) >= 11 is 0. The Morgan fingerprint density at radius 1 is 0.849 bits per heavy atom. The average Bonchev–Trinajstić information content (AvgIpc) is 3.44. The Hall–Kier alpha value is -2.52. The zero-order valence-corrected chi connectivity index (χ0v) is 34.9. The van der Waals surface area contributed by atoms with Gasteiger partial charge in [0.2, 0.25) is 0 Å². The summed E-state index contributed by atoms with van der Waals surface area (Å²) in [6.07, 6.45) is 13.7. The summed E-state index contributed by atoms with van der Waals surface area (Å²) in [5.41, 5.74) is 2.74. The van der Waals surface area contributed by atoms with Gasteiger partial charge in [-0.2, -0.15) is 0 Å². The van der Waals surface area contributed by atoms with Gasteiger partial charge in [0, 0.05) is 18.9 Å². The molecule has 1 N–H and O–H groups in total. The summed E-state index contributed by atoms with van der Waals surface area (Å²) in [5.74, 6) is -0.0218. The van der Waals surface area contributed by atoms with Crippen molar-refractivity contribution < 1.29 is 33.3 Å². The number of hydrogen-bond acceptors (Lipinski definition) is 6. The topological polar surface area (TPSA) is 91.3 Å². The van der Waals surface area contributed by atoms with Crippen LogP contribution in [0.4, 0.5) is 0 Å². The monoisotopic (exact) mass is 750 g/mol. The molecule has 0 radical (unpaired) electrons. The summed E-state index contributed by atoms with van der Waals surface area (Å²) < 4.78 is 25.6. The van der Waals surface area contributed by atoms with Crippen molar-refractivity contribution in [2.75, 3.05) is 6.61 Å². The first-order valence-corrected chi connectivity index (χ1v) is 23.7.